The van der Waals surface area contributed by atoms with Crippen molar-refractivity contribution in [1.82, 2.24) is 0 Å². The Morgan fingerprint density at radius 3 is 2.44 bits per heavy atom. The summed E-state index contributed by atoms with van der Waals surface area (Å²) in [5.41, 5.74) is -1.16. The second kappa shape index (κ2) is 8.52. The molecule has 2 rings (SSSR count). The normalized spacial score (nSPS) is 11.0. The highest BCUT2D eigenvalue weighted by Crippen LogP contribution is 2.34. The number of methoxy groups -OCH3 is 1. The van der Waals surface area contributed by atoms with E-state index in [1.807, 2.05) is 5.32 Å². The van der Waals surface area contributed by atoms with Gasteiger partial charge in [0.25, 0.3) is 5.91 Å². The highest BCUT2D eigenvalue weighted by Gasteiger charge is 2.33. The number of nitrogens with one attached hydrogen (secondary N) is 1. The number of carbonyl (C=O) groups is 2. The summed E-state index contributed by atoms with van der Waals surface area (Å²) in [7, 11) is 1.29. The van der Waals surface area contributed by atoms with Gasteiger partial charge in [-0.3, -0.25) is 9.59 Å². The van der Waals surface area contributed by atoms with E-state index < -0.39 is 41.7 Å². The quantitative estimate of drug-likeness (QED) is 0.610. The summed E-state index contributed by atoms with van der Waals surface area (Å²) in [6, 6.07) is 8.28. The molecule has 2 aromatic rings. The van der Waals surface area contributed by atoms with E-state index in [4.69, 9.17) is 9.47 Å². The molecule has 0 aliphatic heterocycles. The first-order valence-corrected chi connectivity index (χ1v) is 7.65. The van der Waals surface area contributed by atoms with Crippen LogP contribution in [0.4, 0.5) is 23.2 Å². The first-order valence-electron chi connectivity index (χ1n) is 7.65. The van der Waals surface area contributed by atoms with Crippen molar-refractivity contribution in [3.8, 4) is 5.75 Å². The molecule has 0 aliphatic carbocycles. The number of halogens is 4. The molecule has 0 saturated carbocycles. The fraction of sp³-hybridized carbons (Fsp3) is 0.222. The Kier molecular flexibility index (Phi) is 6.38. The summed E-state index contributed by atoms with van der Waals surface area (Å²) in [4.78, 5) is 23.5. The molecule has 0 spiro atoms. The third kappa shape index (κ3) is 5.70. The number of ether oxygens (including phenoxy) is 2. The van der Waals surface area contributed by atoms with Crippen LogP contribution in [0.3, 0.4) is 0 Å². The predicted molar refractivity (Wildman–Crippen MR) is 87.7 cm³/mol. The molecule has 2 aromatic carbocycles. The van der Waals surface area contributed by atoms with Crippen LogP contribution in [0.15, 0.2) is 42.5 Å². The van der Waals surface area contributed by atoms with Gasteiger partial charge in [-0.05, 0) is 29.8 Å². The number of rotatable bonds is 6. The lowest BCUT2D eigenvalue weighted by atomic mass is 10.1. The number of anilines is 1. The number of esters is 1. The molecular formula is C18H15F4NO4. The lowest BCUT2D eigenvalue weighted by Gasteiger charge is -2.13. The molecule has 1 N–H and O–H groups in total. The van der Waals surface area contributed by atoms with Crippen LogP contribution in [0.2, 0.25) is 0 Å². The average molecular weight is 385 g/mol. The molecule has 27 heavy (non-hydrogen) atoms. The van der Waals surface area contributed by atoms with Crippen molar-refractivity contribution in [2.45, 2.75) is 12.6 Å². The largest absolute Gasteiger partial charge is 0.494 e. The van der Waals surface area contributed by atoms with Gasteiger partial charge in [-0.15, -0.1) is 0 Å². The van der Waals surface area contributed by atoms with Gasteiger partial charge in [-0.1, -0.05) is 18.2 Å². The second-order valence-corrected chi connectivity index (χ2v) is 5.40. The molecule has 0 saturated heterocycles. The number of alkyl halides is 3. The monoisotopic (exact) mass is 385 g/mol. The molecule has 5 nitrogen and oxygen atoms in total. The Balaban J connectivity index is 1.91. The van der Waals surface area contributed by atoms with Crippen molar-refractivity contribution in [2.24, 2.45) is 0 Å². The summed E-state index contributed by atoms with van der Waals surface area (Å²) < 4.78 is 61.6. The van der Waals surface area contributed by atoms with E-state index in [9.17, 15) is 27.2 Å². The third-order valence-electron chi connectivity index (χ3n) is 3.44. The van der Waals surface area contributed by atoms with Gasteiger partial charge in [0, 0.05) is 0 Å². The fourth-order valence-electron chi connectivity index (χ4n) is 2.21. The predicted octanol–water partition coefficient (Wildman–Crippen LogP) is 3.58. The van der Waals surface area contributed by atoms with Crippen molar-refractivity contribution in [3.63, 3.8) is 0 Å². The first-order chi connectivity index (χ1) is 12.7. The van der Waals surface area contributed by atoms with Gasteiger partial charge >= 0.3 is 12.1 Å². The summed E-state index contributed by atoms with van der Waals surface area (Å²) in [5.74, 6) is -2.42. The van der Waals surface area contributed by atoms with Gasteiger partial charge in [0.2, 0.25) is 0 Å². The van der Waals surface area contributed by atoms with Crippen molar-refractivity contribution in [3.05, 3.63) is 59.4 Å². The number of hydrogen-bond donors (Lipinski definition) is 1. The van der Waals surface area contributed by atoms with Crippen LogP contribution in [0.25, 0.3) is 0 Å². The molecule has 9 heteroatoms. The molecule has 0 aliphatic rings. The molecule has 0 atom stereocenters. The molecule has 1 amide bonds. The number of benzene rings is 2. The molecule has 144 valence electrons. The standard InChI is InChI=1S/C18H15F4NO4/c1-26-15-7-6-11(8-13(15)19)9-17(25)27-10-16(24)23-14-5-3-2-4-12(14)18(20,21)22/h2-8H,9-10H2,1H3,(H,23,24). The molecule has 0 aromatic heterocycles. The summed E-state index contributed by atoms with van der Waals surface area (Å²) in [6.45, 7) is -0.774. The molecule has 0 fully saturated rings. The smallest absolute Gasteiger partial charge is 0.418 e. The van der Waals surface area contributed by atoms with Crippen LogP contribution in [-0.4, -0.2) is 25.6 Å². The zero-order valence-corrected chi connectivity index (χ0v) is 14.1. The van der Waals surface area contributed by atoms with Gasteiger partial charge in [-0.2, -0.15) is 13.2 Å². The summed E-state index contributed by atoms with van der Waals surface area (Å²) >= 11 is 0. The van der Waals surface area contributed by atoms with E-state index in [0.29, 0.717) is 5.56 Å². The van der Waals surface area contributed by atoms with Crippen molar-refractivity contribution in [1.29, 1.82) is 0 Å². The van der Waals surface area contributed by atoms with Crippen LogP contribution in [-0.2, 0) is 26.9 Å². The number of carbonyl (C=O) groups excluding carboxylic acids is 2. The van der Waals surface area contributed by atoms with Gasteiger partial charge < -0.3 is 14.8 Å². The minimum atomic E-state index is -4.64. The second-order valence-electron chi connectivity index (χ2n) is 5.40. The lowest BCUT2D eigenvalue weighted by Crippen LogP contribution is -2.23. The number of amides is 1. The SMILES string of the molecule is COc1ccc(CC(=O)OCC(=O)Nc2ccccc2C(F)(F)F)cc1F. The Hall–Kier alpha value is -3.10. The van der Waals surface area contributed by atoms with Crippen molar-refractivity contribution in [2.75, 3.05) is 19.0 Å². The Bertz CT molecular complexity index is 836. The maximum absolute atomic E-state index is 13.6. The zero-order chi connectivity index (χ0) is 20.0. The highest BCUT2D eigenvalue weighted by atomic mass is 19.4. The van der Waals surface area contributed by atoms with Gasteiger partial charge in [0.1, 0.15) is 0 Å². The van der Waals surface area contributed by atoms with Crippen LogP contribution >= 0.6 is 0 Å². The number of para-hydroxylation sites is 1. The van der Waals surface area contributed by atoms with E-state index in [2.05, 4.69) is 0 Å². The van der Waals surface area contributed by atoms with E-state index in [0.717, 1.165) is 18.2 Å². The fourth-order valence-corrected chi connectivity index (χ4v) is 2.21. The van der Waals surface area contributed by atoms with Gasteiger partial charge in [0.05, 0.1) is 24.8 Å². The van der Waals surface area contributed by atoms with Crippen molar-refractivity contribution >= 4 is 17.6 Å². The first kappa shape index (κ1) is 20.2. The summed E-state index contributed by atoms with van der Waals surface area (Å²) in [5, 5.41) is 2.05. The topological polar surface area (TPSA) is 64.6 Å². The van der Waals surface area contributed by atoms with Crippen LogP contribution in [0.1, 0.15) is 11.1 Å². The maximum Gasteiger partial charge on any atom is 0.418 e. The van der Waals surface area contributed by atoms with Crippen LogP contribution < -0.4 is 10.1 Å². The zero-order valence-electron chi connectivity index (χ0n) is 14.1. The minimum Gasteiger partial charge on any atom is -0.494 e. The summed E-state index contributed by atoms with van der Waals surface area (Å²) in [6.07, 6.45) is -4.95. The third-order valence-corrected chi connectivity index (χ3v) is 3.44. The molecule has 0 radical (unpaired) electrons. The van der Waals surface area contributed by atoms with Gasteiger partial charge in [-0.25, -0.2) is 4.39 Å². The van der Waals surface area contributed by atoms with E-state index in [1.54, 1.807) is 0 Å². The molecule has 0 bridgehead atoms. The van der Waals surface area contributed by atoms with Crippen LogP contribution in [0, 0.1) is 5.82 Å². The molecule has 0 heterocycles. The van der Waals surface area contributed by atoms with Crippen LogP contribution in [0.5, 0.6) is 5.75 Å². The van der Waals surface area contributed by atoms with E-state index in [-0.39, 0.29) is 12.2 Å². The van der Waals surface area contributed by atoms with Gasteiger partial charge in [0.15, 0.2) is 18.2 Å². The van der Waals surface area contributed by atoms with Crippen molar-refractivity contribution < 1.29 is 36.6 Å². The Labute approximate surface area is 151 Å². The lowest BCUT2D eigenvalue weighted by molar-refractivity contribution is -0.146. The number of hydrogen-bond acceptors (Lipinski definition) is 4. The minimum absolute atomic E-state index is 0.00910. The molecule has 0 unspecified atom stereocenters. The Morgan fingerprint density at radius 1 is 1.11 bits per heavy atom. The van der Waals surface area contributed by atoms with E-state index >= 15 is 0 Å². The Morgan fingerprint density at radius 2 is 1.81 bits per heavy atom. The molecular weight excluding hydrogens is 370 g/mol. The average Bonchev–Trinajstić information content (AvgIpc) is 2.60. The maximum atomic E-state index is 13.6. The van der Waals surface area contributed by atoms with E-state index in [1.165, 1.54) is 31.4 Å². The highest BCUT2D eigenvalue weighted by molar-refractivity contribution is 5.93.